The summed E-state index contributed by atoms with van der Waals surface area (Å²) in [5.74, 6) is -0.809. The molecule has 0 fully saturated rings. The lowest BCUT2D eigenvalue weighted by molar-refractivity contribution is 0.584. The van der Waals surface area contributed by atoms with E-state index in [0.29, 0.717) is 11.2 Å². The number of hydrogen-bond acceptors (Lipinski definition) is 4. The number of anilines is 6. The van der Waals surface area contributed by atoms with Gasteiger partial charge in [-0.1, -0.05) is 188 Å². The van der Waals surface area contributed by atoms with Crippen LogP contribution < -0.4 is 9.80 Å². The summed E-state index contributed by atoms with van der Waals surface area (Å²) >= 11 is 0. The maximum Gasteiger partial charge on any atom is 0.171 e. The SMILES string of the molecule is Cc1ccccc1N(c1cc2c(c3ccccc13)-c1c(cc(N(c3ccccc3C)c3cccc4c3oc3c(F)cccc34)c3ccccc13)C21c2ccccc2-n2c3ccccc3c3cccc1c32)c1cccc2c1oc1c(F)cccc12. The van der Waals surface area contributed by atoms with E-state index >= 15 is 8.78 Å². The van der Waals surface area contributed by atoms with Crippen molar-refractivity contribution in [2.75, 3.05) is 9.80 Å². The average molecular weight is 1080 g/mol. The molecule has 13 aromatic carbocycles. The maximum atomic E-state index is 15.9. The molecular formula is C77H47F2N3O2. The fourth-order valence-electron chi connectivity index (χ4n) is 14.9. The Morgan fingerprint density at radius 2 is 0.714 bits per heavy atom. The highest BCUT2D eigenvalue weighted by Crippen LogP contribution is 2.66. The minimum Gasteiger partial charge on any atom is -0.451 e. The van der Waals surface area contributed by atoms with E-state index in [1.54, 1.807) is 12.1 Å². The fraction of sp³-hybridized carbons (Fsp3) is 0.0390. The molecule has 16 aromatic rings. The summed E-state index contributed by atoms with van der Waals surface area (Å²) in [6.45, 7) is 4.31. The molecule has 396 valence electrons. The number of fused-ring (bicyclic) bond motifs is 22. The Balaban J connectivity index is 1.04. The number of nitrogens with zero attached hydrogens (tertiary/aromatic N) is 3. The molecule has 7 heteroatoms. The molecular weight excluding hydrogens is 1040 g/mol. The van der Waals surface area contributed by atoms with Crippen LogP contribution in [0, 0.1) is 25.5 Å². The lowest BCUT2D eigenvalue weighted by Crippen LogP contribution is -2.34. The van der Waals surface area contributed by atoms with Gasteiger partial charge in [0, 0.05) is 54.5 Å². The lowest BCUT2D eigenvalue weighted by Gasteiger charge is -2.40. The van der Waals surface area contributed by atoms with Crippen LogP contribution in [0.1, 0.15) is 33.4 Å². The highest BCUT2D eigenvalue weighted by atomic mass is 19.1. The van der Waals surface area contributed by atoms with E-state index in [0.717, 1.165) is 138 Å². The Bertz CT molecular complexity index is 5290. The quantitative estimate of drug-likeness (QED) is 0.166. The molecule has 84 heavy (non-hydrogen) atoms. The first-order valence-electron chi connectivity index (χ1n) is 28.5. The van der Waals surface area contributed by atoms with E-state index in [1.807, 2.05) is 24.3 Å². The molecule has 1 aliphatic carbocycles. The van der Waals surface area contributed by atoms with Crippen LogP contribution in [-0.4, -0.2) is 4.57 Å². The van der Waals surface area contributed by atoms with Crippen LogP contribution in [-0.2, 0) is 5.41 Å². The fourth-order valence-corrected chi connectivity index (χ4v) is 14.9. The van der Waals surface area contributed by atoms with Gasteiger partial charge in [-0.15, -0.1) is 0 Å². The van der Waals surface area contributed by atoms with E-state index in [9.17, 15) is 0 Å². The second kappa shape index (κ2) is 17.1. The largest absolute Gasteiger partial charge is 0.451 e. The van der Waals surface area contributed by atoms with Gasteiger partial charge in [-0.05, 0) is 130 Å². The number of hydrogen-bond donors (Lipinski definition) is 0. The predicted octanol–water partition coefficient (Wildman–Crippen LogP) is 21.4. The number of halogens is 2. The van der Waals surface area contributed by atoms with Gasteiger partial charge in [-0.25, -0.2) is 8.78 Å². The van der Waals surface area contributed by atoms with E-state index in [2.05, 4.69) is 228 Å². The molecule has 0 atom stereocenters. The summed E-state index contributed by atoms with van der Waals surface area (Å²) in [5.41, 5.74) is 18.4. The molecule has 0 saturated heterocycles. The lowest BCUT2D eigenvalue weighted by atomic mass is 9.65. The van der Waals surface area contributed by atoms with Gasteiger partial charge < -0.3 is 23.2 Å². The van der Waals surface area contributed by atoms with Crippen LogP contribution >= 0.6 is 0 Å². The van der Waals surface area contributed by atoms with Gasteiger partial charge in [0.2, 0.25) is 0 Å². The normalized spacial score (nSPS) is 13.1. The maximum absolute atomic E-state index is 15.9. The molecule has 4 heterocycles. The second-order valence-corrected chi connectivity index (χ2v) is 22.5. The standard InChI is InChI=1S/C77H47F2N3O2/c1-44-20-3-11-36-62(44)80(66-40-18-30-54-52-28-16-34-60(78)73(52)83-75(54)66)68-42-58-70(49-25-7-5-22-46(49)68)71-50-26-8-6-23-47(50)69(81(63-37-12-4-21-45(63)2)67-41-19-31-55-53-29-17-35-61(79)74(53)84-76(55)67)43-59(71)77(58)56-32-10-14-39-65(56)82-64-38-13-9-24-48(64)51-27-15-33-57(77)72(51)82/h3-43H,1-2H3. The topological polar surface area (TPSA) is 37.7 Å². The predicted molar refractivity (Wildman–Crippen MR) is 340 cm³/mol. The summed E-state index contributed by atoms with van der Waals surface area (Å²) in [7, 11) is 0. The van der Waals surface area contributed by atoms with E-state index in [-0.39, 0.29) is 11.2 Å². The number of benzene rings is 13. The highest BCUT2D eigenvalue weighted by molar-refractivity contribution is 6.22. The minimum atomic E-state index is -0.972. The van der Waals surface area contributed by atoms with Crippen LogP contribution in [0.15, 0.2) is 258 Å². The zero-order chi connectivity index (χ0) is 55.7. The van der Waals surface area contributed by atoms with Gasteiger partial charge in [0.25, 0.3) is 0 Å². The summed E-state index contributed by atoms with van der Waals surface area (Å²) in [6, 6.07) is 87.0. The average Bonchev–Trinajstić information content (AvgIpc) is 1.70. The van der Waals surface area contributed by atoms with Crippen molar-refractivity contribution in [2.24, 2.45) is 0 Å². The highest BCUT2D eigenvalue weighted by Gasteiger charge is 2.53. The van der Waals surface area contributed by atoms with Crippen LogP contribution in [0.25, 0.3) is 104 Å². The van der Waals surface area contributed by atoms with E-state index < -0.39 is 17.0 Å². The third-order valence-corrected chi connectivity index (χ3v) is 18.3. The molecule has 0 N–H and O–H groups in total. The number of rotatable bonds is 6. The summed E-state index contributed by atoms with van der Waals surface area (Å²) in [5, 5.41) is 9.70. The van der Waals surface area contributed by atoms with E-state index in [1.165, 1.54) is 22.9 Å². The van der Waals surface area contributed by atoms with Gasteiger partial charge in [0.15, 0.2) is 34.0 Å². The van der Waals surface area contributed by atoms with Crippen molar-refractivity contribution in [1.29, 1.82) is 0 Å². The van der Waals surface area contributed by atoms with Crippen molar-refractivity contribution in [2.45, 2.75) is 19.3 Å². The van der Waals surface area contributed by atoms with Crippen molar-refractivity contribution < 1.29 is 17.6 Å². The first-order chi connectivity index (χ1) is 41.4. The van der Waals surface area contributed by atoms with Crippen molar-refractivity contribution >= 4 is 121 Å². The Hall–Kier alpha value is -10.8. The first-order valence-corrected chi connectivity index (χ1v) is 28.5. The summed E-state index contributed by atoms with van der Waals surface area (Å²) in [4.78, 5) is 4.70. The molecule has 0 unspecified atom stereocenters. The molecule has 0 saturated carbocycles. The molecule has 1 aliphatic heterocycles. The minimum absolute atomic E-state index is 0.228. The summed E-state index contributed by atoms with van der Waals surface area (Å²) < 4.78 is 47.9. The molecule has 5 nitrogen and oxygen atoms in total. The Morgan fingerprint density at radius 3 is 1.26 bits per heavy atom. The number of aryl methyl sites for hydroxylation is 2. The first kappa shape index (κ1) is 46.9. The molecule has 0 bridgehead atoms. The Morgan fingerprint density at radius 1 is 0.321 bits per heavy atom. The van der Waals surface area contributed by atoms with Crippen molar-refractivity contribution in [1.82, 2.24) is 4.57 Å². The third kappa shape index (κ3) is 6.04. The molecule has 2 aliphatic rings. The molecule has 1 spiro atoms. The summed E-state index contributed by atoms with van der Waals surface area (Å²) in [6.07, 6.45) is 0. The second-order valence-electron chi connectivity index (χ2n) is 22.5. The number of furan rings is 2. The van der Waals surface area contributed by atoms with Gasteiger partial charge in [0.05, 0.1) is 44.9 Å². The third-order valence-electron chi connectivity index (χ3n) is 18.3. The molecule has 18 rings (SSSR count). The van der Waals surface area contributed by atoms with Gasteiger partial charge >= 0.3 is 0 Å². The number of aromatic nitrogens is 1. The van der Waals surface area contributed by atoms with Crippen LogP contribution in [0.3, 0.4) is 0 Å². The zero-order valence-corrected chi connectivity index (χ0v) is 45.6. The molecule has 0 amide bonds. The van der Waals surface area contributed by atoms with Gasteiger partial charge in [0.1, 0.15) is 0 Å². The molecule has 3 aromatic heterocycles. The smallest absolute Gasteiger partial charge is 0.171 e. The molecule has 0 radical (unpaired) electrons. The van der Waals surface area contributed by atoms with Gasteiger partial charge in [-0.3, -0.25) is 0 Å². The monoisotopic (exact) mass is 1080 g/mol. The zero-order valence-electron chi connectivity index (χ0n) is 45.6. The van der Waals surface area contributed by atoms with Crippen molar-refractivity contribution in [3.63, 3.8) is 0 Å². The van der Waals surface area contributed by atoms with E-state index in [4.69, 9.17) is 8.83 Å². The van der Waals surface area contributed by atoms with Crippen LogP contribution in [0.5, 0.6) is 0 Å². The van der Waals surface area contributed by atoms with Crippen molar-refractivity contribution in [3.05, 3.63) is 294 Å². The Kier molecular flexibility index (Phi) is 9.58. The van der Waals surface area contributed by atoms with Crippen molar-refractivity contribution in [3.8, 4) is 16.8 Å². The Labute approximate surface area is 480 Å². The van der Waals surface area contributed by atoms with Crippen LogP contribution in [0.4, 0.5) is 42.9 Å². The van der Waals surface area contributed by atoms with Gasteiger partial charge in [-0.2, -0.15) is 0 Å². The number of para-hydroxylation sites is 9. The van der Waals surface area contributed by atoms with Crippen LogP contribution in [0.2, 0.25) is 0 Å².